The third-order valence-electron chi connectivity index (χ3n) is 3.84. The van der Waals surface area contributed by atoms with Crippen LogP contribution in [0.2, 0.25) is 0 Å². The summed E-state index contributed by atoms with van der Waals surface area (Å²) >= 11 is 0. The first-order valence-corrected chi connectivity index (χ1v) is 9.06. The highest BCUT2D eigenvalue weighted by Crippen LogP contribution is 2.30. The minimum absolute atomic E-state index is 0.130. The van der Waals surface area contributed by atoms with Crippen LogP contribution in [0.15, 0.2) is 0 Å². The number of hydrogen-bond acceptors (Lipinski definition) is 3. The molecule has 0 atom stereocenters. The molecular weight excluding hydrogens is 246 g/mol. The standard InChI is InChI=1S/C14H31NO2S/c1-6-10-18(16,17)11-9-14(7-2,8-3)12-15-13(4)5/h13,15H,6-12H2,1-5H3. The summed E-state index contributed by atoms with van der Waals surface area (Å²) in [5, 5.41) is 3.46. The van der Waals surface area contributed by atoms with Gasteiger partial charge in [-0.25, -0.2) is 8.42 Å². The fourth-order valence-electron chi connectivity index (χ4n) is 2.15. The zero-order valence-electron chi connectivity index (χ0n) is 12.8. The van der Waals surface area contributed by atoms with Gasteiger partial charge in [0, 0.05) is 18.3 Å². The summed E-state index contributed by atoms with van der Waals surface area (Å²) in [7, 11) is -2.85. The maximum Gasteiger partial charge on any atom is 0.150 e. The fourth-order valence-corrected chi connectivity index (χ4v) is 3.72. The Hall–Kier alpha value is -0.0900. The first-order valence-electron chi connectivity index (χ1n) is 7.24. The minimum atomic E-state index is -2.85. The van der Waals surface area contributed by atoms with Gasteiger partial charge >= 0.3 is 0 Å². The molecule has 1 N–H and O–H groups in total. The molecule has 0 bridgehead atoms. The highest BCUT2D eigenvalue weighted by atomic mass is 32.2. The van der Waals surface area contributed by atoms with Crippen LogP contribution in [0.4, 0.5) is 0 Å². The molecule has 0 aliphatic carbocycles. The van der Waals surface area contributed by atoms with Gasteiger partial charge in [-0.2, -0.15) is 0 Å². The molecule has 0 aliphatic heterocycles. The zero-order chi connectivity index (χ0) is 14.2. The Kier molecular flexibility index (Phi) is 8.11. The van der Waals surface area contributed by atoms with Crippen LogP contribution in [0.25, 0.3) is 0 Å². The average molecular weight is 277 g/mol. The molecule has 0 saturated carbocycles. The van der Waals surface area contributed by atoms with E-state index in [-0.39, 0.29) is 5.41 Å². The van der Waals surface area contributed by atoms with Crippen molar-refractivity contribution in [3.63, 3.8) is 0 Å². The number of hydrogen-bond donors (Lipinski definition) is 1. The third-order valence-corrected chi connectivity index (χ3v) is 5.70. The lowest BCUT2D eigenvalue weighted by Crippen LogP contribution is -2.38. The maximum absolute atomic E-state index is 11.8. The van der Waals surface area contributed by atoms with Gasteiger partial charge in [-0.05, 0) is 31.1 Å². The van der Waals surface area contributed by atoms with Crippen LogP contribution in [0.5, 0.6) is 0 Å². The SMILES string of the molecule is CCCS(=O)(=O)CCC(CC)(CC)CNC(C)C. The van der Waals surface area contributed by atoms with Crippen molar-refractivity contribution in [2.75, 3.05) is 18.1 Å². The predicted molar refractivity (Wildman–Crippen MR) is 79.7 cm³/mol. The Balaban J connectivity index is 4.52. The lowest BCUT2D eigenvalue weighted by atomic mass is 9.79. The van der Waals surface area contributed by atoms with E-state index >= 15 is 0 Å². The van der Waals surface area contributed by atoms with Crippen molar-refractivity contribution in [2.45, 2.75) is 66.3 Å². The van der Waals surface area contributed by atoms with Crippen LogP contribution in [0.1, 0.15) is 60.3 Å². The van der Waals surface area contributed by atoms with Crippen LogP contribution in [-0.4, -0.2) is 32.5 Å². The molecule has 0 aromatic rings. The van der Waals surface area contributed by atoms with Gasteiger partial charge in [-0.3, -0.25) is 0 Å². The van der Waals surface area contributed by atoms with Crippen molar-refractivity contribution in [1.29, 1.82) is 0 Å². The topological polar surface area (TPSA) is 46.2 Å². The summed E-state index contributed by atoms with van der Waals surface area (Å²) in [5.74, 6) is 0.663. The maximum atomic E-state index is 11.8. The van der Waals surface area contributed by atoms with E-state index in [1.165, 1.54) is 0 Å². The molecule has 0 radical (unpaired) electrons. The van der Waals surface area contributed by atoms with Crippen molar-refractivity contribution in [3.05, 3.63) is 0 Å². The summed E-state index contributed by atoms with van der Waals surface area (Å²) in [6.07, 6.45) is 3.57. The van der Waals surface area contributed by atoms with Crippen molar-refractivity contribution in [2.24, 2.45) is 5.41 Å². The summed E-state index contributed by atoms with van der Waals surface area (Å²) in [6, 6.07) is 0.453. The van der Waals surface area contributed by atoms with Crippen molar-refractivity contribution in [1.82, 2.24) is 5.32 Å². The van der Waals surface area contributed by atoms with E-state index in [2.05, 4.69) is 33.0 Å². The molecule has 0 unspecified atom stereocenters. The van der Waals surface area contributed by atoms with Gasteiger partial charge in [0.1, 0.15) is 9.84 Å². The smallest absolute Gasteiger partial charge is 0.150 e. The molecule has 3 nitrogen and oxygen atoms in total. The van der Waals surface area contributed by atoms with E-state index in [9.17, 15) is 8.42 Å². The molecule has 0 aromatic heterocycles. The Morgan fingerprint density at radius 2 is 1.61 bits per heavy atom. The lowest BCUT2D eigenvalue weighted by Gasteiger charge is -2.33. The van der Waals surface area contributed by atoms with E-state index in [1.54, 1.807) is 0 Å². The Morgan fingerprint density at radius 3 is 2.00 bits per heavy atom. The molecule has 0 rings (SSSR count). The monoisotopic (exact) mass is 277 g/mol. The van der Waals surface area contributed by atoms with Crippen LogP contribution in [0, 0.1) is 5.41 Å². The first-order chi connectivity index (χ1) is 8.31. The molecule has 0 fully saturated rings. The average Bonchev–Trinajstić information content (AvgIpc) is 2.30. The Bertz CT molecular complexity index is 306. The minimum Gasteiger partial charge on any atom is -0.314 e. The molecule has 110 valence electrons. The van der Waals surface area contributed by atoms with E-state index < -0.39 is 9.84 Å². The fraction of sp³-hybridized carbons (Fsp3) is 1.00. The normalized spacial score (nSPS) is 13.2. The molecule has 18 heavy (non-hydrogen) atoms. The highest BCUT2D eigenvalue weighted by molar-refractivity contribution is 7.91. The van der Waals surface area contributed by atoms with Gasteiger partial charge in [0.25, 0.3) is 0 Å². The second kappa shape index (κ2) is 8.16. The molecule has 0 spiro atoms. The van der Waals surface area contributed by atoms with E-state index in [1.807, 2.05) is 6.92 Å². The largest absolute Gasteiger partial charge is 0.314 e. The van der Waals surface area contributed by atoms with Crippen molar-refractivity contribution in [3.8, 4) is 0 Å². The van der Waals surface area contributed by atoms with Crippen LogP contribution >= 0.6 is 0 Å². The zero-order valence-corrected chi connectivity index (χ0v) is 13.6. The first kappa shape index (κ1) is 17.9. The molecule has 0 heterocycles. The second-order valence-corrected chi connectivity index (χ2v) is 7.95. The predicted octanol–water partition coefficient (Wildman–Crippen LogP) is 3.01. The molecule has 0 aliphatic rings. The summed E-state index contributed by atoms with van der Waals surface area (Å²) < 4.78 is 23.7. The molecule has 0 aromatic carbocycles. The van der Waals surface area contributed by atoms with E-state index in [0.717, 1.165) is 32.2 Å². The number of rotatable bonds is 10. The van der Waals surface area contributed by atoms with Crippen LogP contribution < -0.4 is 5.32 Å². The number of nitrogens with one attached hydrogen (secondary N) is 1. The Morgan fingerprint density at radius 1 is 1.06 bits per heavy atom. The van der Waals surface area contributed by atoms with E-state index in [0.29, 0.717) is 17.5 Å². The van der Waals surface area contributed by atoms with Gasteiger partial charge in [0.15, 0.2) is 0 Å². The molecule has 0 saturated heterocycles. The quantitative estimate of drug-likeness (QED) is 0.667. The lowest BCUT2D eigenvalue weighted by molar-refractivity contribution is 0.233. The molecule has 0 amide bonds. The van der Waals surface area contributed by atoms with Crippen LogP contribution in [-0.2, 0) is 9.84 Å². The van der Waals surface area contributed by atoms with Gasteiger partial charge in [0.05, 0.1) is 5.75 Å². The van der Waals surface area contributed by atoms with Crippen molar-refractivity contribution >= 4 is 9.84 Å². The van der Waals surface area contributed by atoms with Gasteiger partial charge in [-0.1, -0.05) is 34.6 Å². The molecular formula is C14H31NO2S. The number of sulfone groups is 1. The van der Waals surface area contributed by atoms with Gasteiger partial charge < -0.3 is 5.32 Å². The summed E-state index contributed by atoms with van der Waals surface area (Å²) in [6.45, 7) is 11.4. The van der Waals surface area contributed by atoms with E-state index in [4.69, 9.17) is 0 Å². The van der Waals surface area contributed by atoms with Crippen molar-refractivity contribution < 1.29 is 8.42 Å². The summed E-state index contributed by atoms with van der Waals surface area (Å²) in [4.78, 5) is 0. The summed E-state index contributed by atoms with van der Waals surface area (Å²) in [5.41, 5.74) is 0.130. The van der Waals surface area contributed by atoms with Gasteiger partial charge in [-0.15, -0.1) is 0 Å². The van der Waals surface area contributed by atoms with Crippen LogP contribution in [0.3, 0.4) is 0 Å². The third kappa shape index (κ3) is 6.74. The molecule has 4 heteroatoms. The second-order valence-electron chi connectivity index (χ2n) is 5.64. The highest BCUT2D eigenvalue weighted by Gasteiger charge is 2.28. The Labute approximate surface area is 114 Å². The van der Waals surface area contributed by atoms with Gasteiger partial charge in [0.2, 0.25) is 0 Å².